The van der Waals surface area contributed by atoms with Gasteiger partial charge in [0.05, 0.1) is 12.2 Å². The van der Waals surface area contributed by atoms with E-state index in [-0.39, 0.29) is 0 Å². The van der Waals surface area contributed by atoms with Gasteiger partial charge in [0.15, 0.2) is 5.96 Å². The number of hydrogen-bond acceptors (Lipinski definition) is 2. The van der Waals surface area contributed by atoms with Crippen molar-refractivity contribution in [2.75, 3.05) is 13.1 Å². The molecule has 0 aliphatic rings. The zero-order valence-electron chi connectivity index (χ0n) is 18.4. The number of fused-ring (bicyclic) bond motifs is 1. The van der Waals surface area contributed by atoms with Crippen molar-refractivity contribution < 1.29 is 0 Å². The van der Waals surface area contributed by atoms with Gasteiger partial charge in [0, 0.05) is 48.0 Å². The number of aromatic nitrogens is 3. The SMILES string of the molecule is CCNC(=NCc1c(CC)nn(C)c1CC)NCCc1c(C)[nH]c2ccccc12. The molecule has 0 amide bonds. The number of rotatable bonds is 8. The molecule has 0 saturated carbocycles. The van der Waals surface area contributed by atoms with Gasteiger partial charge in [-0.2, -0.15) is 5.10 Å². The Labute approximate surface area is 173 Å². The van der Waals surface area contributed by atoms with Crippen molar-refractivity contribution in [3.8, 4) is 0 Å². The third-order valence-electron chi connectivity index (χ3n) is 5.46. The monoisotopic (exact) mass is 394 g/mol. The lowest BCUT2D eigenvalue weighted by atomic mass is 10.1. The molecule has 0 spiro atoms. The van der Waals surface area contributed by atoms with Crippen LogP contribution in [0.5, 0.6) is 0 Å². The third-order valence-corrected chi connectivity index (χ3v) is 5.46. The fraction of sp³-hybridized carbons (Fsp3) is 0.478. The molecule has 1 aromatic carbocycles. The lowest BCUT2D eigenvalue weighted by Gasteiger charge is -2.12. The van der Waals surface area contributed by atoms with E-state index in [1.807, 2.05) is 11.7 Å². The second kappa shape index (κ2) is 9.63. The number of para-hydroxylation sites is 1. The maximum absolute atomic E-state index is 4.85. The number of nitrogens with zero attached hydrogens (tertiary/aromatic N) is 3. The number of aryl methyl sites for hydroxylation is 3. The van der Waals surface area contributed by atoms with Crippen molar-refractivity contribution in [2.45, 2.75) is 53.5 Å². The number of aromatic amines is 1. The van der Waals surface area contributed by atoms with E-state index in [0.717, 1.165) is 44.0 Å². The van der Waals surface area contributed by atoms with Gasteiger partial charge in [0.25, 0.3) is 0 Å². The minimum Gasteiger partial charge on any atom is -0.358 e. The summed E-state index contributed by atoms with van der Waals surface area (Å²) in [6.45, 7) is 10.9. The summed E-state index contributed by atoms with van der Waals surface area (Å²) in [5.41, 5.74) is 7.51. The Morgan fingerprint density at radius 3 is 2.62 bits per heavy atom. The van der Waals surface area contributed by atoms with Crippen LogP contribution in [0.2, 0.25) is 0 Å². The normalized spacial score (nSPS) is 12.0. The molecular formula is C23H34N6. The Hall–Kier alpha value is -2.76. The van der Waals surface area contributed by atoms with Gasteiger partial charge in [-0.3, -0.25) is 4.68 Å². The molecule has 3 N–H and O–H groups in total. The highest BCUT2D eigenvalue weighted by atomic mass is 15.3. The van der Waals surface area contributed by atoms with Crippen molar-refractivity contribution in [1.29, 1.82) is 0 Å². The number of guanidine groups is 1. The van der Waals surface area contributed by atoms with Gasteiger partial charge in [0.2, 0.25) is 0 Å². The average molecular weight is 395 g/mol. The Bertz CT molecular complexity index is 979. The van der Waals surface area contributed by atoms with Gasteiger partial charge in [-0.25, -0.2) is 4.99 Å². The van der Waals surface area contributed by atoms with Gasteiger partial charge in [-0.1, -0.05) is 32.0 Å². The zero-order valence-corrected chi connectivity index (χ0v) is 18.4. The Kier molecular flexibility index (Phi) is 6.96. The van der Waals surface area contributed by atoms with Crippen LogP contribution in [0.1, 0.15) is 49.0 Å². The summed E-state index contributed by atoms with van der Waals surface area (Å²) in [4.78, 5) is 8.33. The first-order valence-electron chi connectivity index (χ1n) is 10.7. The number of H-pyrrole nitrogens is 1. The molecule has 0 radical (unpaired) electrons. The molecular weight excluding hydrogens is 360 g/mol. The van der Waals surface area contributed by atoms with Gasteiger partial charge >= 0.3 is 0 Å². The fourth-order valence-corrected chi connectivity index (χ4v) is 4.04. The first kappa shape index (κ1) is 21.0. The second-order valence-corrected chi connectivity index (χ2v) is 7.35. The summed E-state index contributed by atoms with van der Waals surface area (Å²) >= 11 is 0. The Morgan fingerprint density at radius 1 is 1.10 bits per heavy atom. The maximum atomic E-state index is 4.85. The van der Waals surface area contributed by atoms with E-state index in [1.165, 1.54) is 33.4 Å². The topological polar surface area (TPSA) is 70.0 Å². The van der Waals surface area contributed by atoms with Crippen LogP contribution < -0.4 is 10.6 Å². The van der Waals surface area contributed by atoms with Crippen LogP contribution in [0.15, 0.2) is 29.3 Å². The smallest absolute Gasteiger partial charge is 0.191 e. The van der Waals surface area contributed by atoms with E-state index in [4.69, 9.17) is 4.99 Å². The minimum atomic E-state index is 0.654. The molecule has 0 aliphatic heterocycles. The number of benzene rings is 1. The fourth-order valence-electron chi connectivity index (χ4n) is 4.04. The van der Waals surface area contributed by atoms with Crippen molar-refractivity contribution in [3.05, 3.63) is 52.5 Å². The predicted octanol–water partition coefficient (Wildman–Crippen LogP) is 3.63. The molecule has 0 bridgehead atoms. The van der Waals surface area contributed by atoms with E-state index >= 15 is 0 Å². The molecule has 3 rings (SSSR count). The summed E-state index contributed by atoms with van der Waals surface area (Å²) in [6.07, 6.45) is 2.86. The van der Waals surface area contributed by atoms with Gasteiger partial charge in [-0.15, -0.1) is 0 Å². The Balaban J connectivity index is 1.70. The standard InChI is InChI=1S/C23H34N6/c1-6-20-19(22(7-2)29(5)28-20)15-26-23(24-8-3)25-14-13-17-16(4)27-21-12-10-9-11-18(17)21/h9-12,27H,6-8,13-15H2,1-5H3,(H2,24,25,26). The predicted molar refractivity (Wildman–Crippen MR) is 122 cm³/mol. The van der Waals surface area contributed by atoms with Gasteiger partial charge in [-0.05, 0) is 44.7 Å². The number of nitrogens with one attached hydrogen (secondary N) is 3. The number of hydrogen-bond donors (Lipinski definition) is 3. The van der Waals surface area contributed by atoms with E-state index in [0.29, 0.717) is 6.54 Å². The van der Waals surface area contributed by atoms with Crippen molar-refractivity contribution in [3.63, 3.8) is 0 Å². The third kappa shape index (κ3) is 4.63. The van der Waals surface area contributed by atoms with Crippen molar-refractivity contribution in [2.24, 2.45) is 12.0 Å². The molecule has 0 saturated heterocycles. The molecule has 6 nitrogen and oxygen atoms in total. The molecule has 2 heterocycles. The van der Waals surface area contributed by atoms with E-state index in [9.17, 15) is 0 Å². The molecule has 156 valence electrons. The molecule has 0 aliphatic carbocycles. The molecule has 0 atom stereocenters. The summed E-state index contributed by atoms with van der Waals surface area (Å²) in [7, 11) is 2.03. The van der Waals surface area contributed by atoms with Crippen LogP contribution in [0.25, 0.3) is 10.9 Å². The van der Waals surface area contributed by atoms with Crippen molar-refractivity contribution >= 4 is 16.9 Å². The zero-order chi connectivity index (χ0) is 20.8. The van der Waals surface area contributed by atoms with Crippen LogP contribution >= 0.6 is 0 Å². The summed E-state index contributed by atoms with van der Waals surface area (Å²) in [5, 5.41) is 12.8. The molecule has 3 aromatic rings. The average Bonchev–Trinajstić information content (AvgIpc) is 3.21. The van der Waals surface area contributed by atoms with E-state index in [2.05, 4.69) is 72.7 Å². The molecule has 6 heteroatoms. The van der Waals surface area contributed by atoms with Gasteiger partial charge in [0.1, 0.15) is 0 Å². The Morgan fingerprint density at radius 2 is 1.90 bits per heavy atom. The first-order chi connectivity index (χ1) is 14.1. The first-order valence-corrected chi connectivity index (χ1v) is 10.7. The molecule has 29 heavy (non-hydrogen) atoms. The minimum absolute atomic E-state index is 0.654. The summed E-state index contributed by atoms with van der Waals surface area (Å²) < 4.78 is 2.00. The highest BCUT2D eigenvalue weighted by Gasteiger charge is 2.13. The summed E-state index contributed by atoms with van der Waals surface area (Å²) in [5.74, 6) is 0.859. The molecule has 2 aromatic heterocycles. The van der Waals surface area contributed by atoms with Crippen LogP contribution in [-0.2, 0) is 32.9 Å². The molecule has 0 fully saturated rings. The second-order valence-electron chi connectivity index (χ2n) is 7.35. The van der Waals surface area contributed by atoms with E-state index < -0.39 is 0 Å². The van der Waals surface area contributed by atoms with Crippen LogP contribution in [0, 0.1) is 6.92 Å². The van der Waals surface area contributed by atoms with E-state index in [1.54, 1.807) is 0 Å². The number of aliphatic imine (C=N–C) groups is 1. The largest absolute Gasteiger partial charge is 0.358 e. The molecule has 0 unspecified atom stereocenters. The van der Waals surface area contributed by atoms with Crippen LogP contribution in [0.4, 0.5) is 0 Å². The van der Waals surface area contributed by atoms with Crippen LogP contribution in [-0.4, -0.2) is 33.8 Å². The summed E-state index contributed by atoms with van der Waals surface area (Å²) in [6, 6.07) is 8.50. The lowest BCUT2D eigenvalue weighted by Crippen LogP contribution is -2.38. The highest BCUT2D eigenvalue weighted by Crippen LogP contribution is 2.22. The van der Waals surface area contributed by atoms with Crippen LogP contribution in [0.3, 0.4) is 0 Å². The highest BCUT2D eigenvalue weighted by molar-refractivity contribution is 5.84. The quantitative estimate of drug-likeness (QED) is 0.404. The van der Waals surface area contributed by atoms with Gasteiger partial charge < -0.3 is 15.6 Å². The lowest BCUT2D eigenvalue weighted by molar-refractivity contribution is 0.703. The maximum Gasteiger partial charge on any atom is 0.191 e. The van der Waals surface area contributed by atoms with Crippen molar-refractivity contribution in [1.82, 2.24) is 25.4 Å².